The minimum absolute atomic E-state index is 0.327. The zero-order valence-electron chi connectivity index (χ0n) is 13.5. The van der Waals surface area contributed by atoms with E-state index in [0.717, 1.165) is 23.4 Å². The summed E-state index contributed by atoms with van der Waals surface area (Å²) in [5.74, 6) is 2.12. The van der Waals surface area contributed by atoms with Crippen LogP contribution in [0.5, 0.6) is 0 Å². The van der Waals surface area contributed by atoms with Crippen LogP contribution in [0.15, 0.2) is 35.5 Å². The van der Waals surface area contributed by atoms with Gasteiger partial charge in [0.25, 0.3) is 0 Å². The average Bonchev–Trinajstić information content (AvgIpc) is 3.38. The molecule has 0 amide bonds. The van der Waals surface area contributed by atoms with E-state index in [0.29, 0.717) is 40.7 Å². The SMILES string of the molecule is Nc1ncnc2nc(-c3nc(CCc4ccco4)c4[nH]cnc4n3)[nH]c12. The molecule has 0 fully saturated rings. The molecule has 0 aliphatic heterocycles. The van der Waals surface area contributed by atoms with E-state index in [-0.39, 0.29) is 0 Å². The van der Waals surface area contributed by atoms with Crippen molar-refractivity contribution in [2.75, 3.05) is 5.73 Å². The Morgan fingerprint density at radius 2 is 1.92 bits per heavy atom. The number of hydrogen-bond acceptors (Lipinski definition) is 8. The lowest BCUT2D eigenvalue weighted by atomic mass is 10.2. The van der Waals surface area contributed by atoms with Gasteiger partial charge in [0.15, 0.2) is 28.8 Å². The molecule has 26 heavy (non-hydrogen) atoms. The summed E-state index contributed by atoms with van der Waals surface area (Å²) in [7, 11) is 0. The fourth-order valence-electron chi connectivity index (χ4n) is 2.83. The Morgan fingerprint density at radius 1 is 1.00 bits per heavy atom. The van der Waals surface area contributed by atoms with Gasteiger partial charge in [-0.25, -0.2) is 29.9 Å². The summed E-state index contributed by atoms with van der Waals surface area (Å²) in [6.45, 7) is 0. The molecule has 0 aliphatic carbocycles. The third-order valence-corrected chi connectivity index (χ3v) is 4.08. The third kappa shape index (κ3) is 2.35. The van der Waals surface area contributed by atoms with E-state index >= 15 is 0 Å². The second kappa shape index (κ2) is 5.62. The van der Waals surface area contributed by atoms with Crippen molar-refractivity contribution in [2.45, 2.75) is 12.8 Å². The van der Waals surface area contributed by atoms with Crippen molar-refractivity contribution in [1.82, 2.24) is 39.9 Å². The van der Waals surface area contributed by atoms with Crippen LogP contribution >= 0.6 is 0 Å². The lowest BCUT2D eigenvalue weighted by Gasteiger charge is -2.03. The van der Waals surface area contributed by atoms with Crippen LogP contribution in [0.2, 0.25) is 0 Å². The van der Waals surface area contributed by atoms with E-state index in [1.807, 2.05) is 12.1 Å². The number of aromatic amines is 2. The highest BCUT2D eigenvalue weighted by Gasteiger charge is 2.16. The van der Waals surface area contributed by atoms with Crippen LogP contribution in [0.3, 0.4) is 0 Å². The number of aryl methyl sites for hydroxylation is 2. The molecule has 0 bridgehead atoms. The first-order valence-corrected chi connectivity index (χ1v) is 7.97. The van der Waals surface area contributed by atoms with Crippen molar-refractivity contribution in [1.29, 1.82) is 0 Å². The number of furan rings is 1. The van der Waals surface area contributed by atoms with Crippen molar-refractivity contribution >= 4 is 28.1 Å². The van der Waals surface area contributed by atoms with Gasteiger partial charge >= 0.3 is 0 Å². The first kappa shape index (κ1) is 14.5. The van der Waals surface area contributed by atoms with Crippen molar-refractivity contribution in [2.24, 2.45) is 0 Å². The van der Waals surface area contributed by atoms with Gasteiger partial charge in [-0.3, -0.25) is 0 Å². The number of nitrogens with one attached hydrogen (secondary N) is 2. The van der Waals surface area contributed by atoms with Gasteiger partial charge in [-0.15, -0.1) is 0 Å². The zero-order valence-corrected chi connectivity index (χ0v) is 13.5. The number of H-pyrrole nitrogens is 2. The molecule has 5 aromatic heterocycles. The Morgan fingerprint density at radius 3 is 2.77 bits per heavy atom. The van der Waals surface area contributed by atoms with Crippen molar-refractivity contribution < 1.29 is 4.42 Å². The van der Waals surface area contributed by atoms with Gasteiger partial charge in [0, 0.05) is 6.42 Å². The smallest absolute Gasteiger partial charge is 0.198 e. The van der Waals surface area contributed by atoms with Gasteiger partial charge in [-0.1, -0.05) is 0 Å². The average molecular weight is 347 g/mol. The van der Waals surface area contributed by atoms with Crippen molar-refractivity contribution in [3.8, 4) is 11.6 Å². The van der Waals surface area contributed by atoms with Gasteiger partial charge in [0.1, 0.15) is 23.1 Å². The molecule has 5 aromatic rings. The molecular weight excluding hydrogens is 334 g/mol. The highest BCUT2D eigenvalue weighted by atomic mass is 16.3. The fraction of sp³-hybridized carbons (Fsp3) is 0.125. The minimum atomic E-state index is 0.327. The number of aromatic nitrogens is 8. The Hall–Kier alpha value is -3.82. The Balaban J connectivity index is 1.59. The van der Waals surface area contributed by atoms with E-state index in [4.69, 9.17) is 10.2 Å². The first-order valence-electron chi connectivity index (χ1n) is 7.97. The van der Waals surface area contributed by atoms with Crippen LogP contribution in [0.25, 0.3) is 34.0 Å². The van der Waals surface area contributed by atoms with Crippen LogP contribution < -0.4 is 5.73 Å². The van der Waals surface area contributed by atoms with E-state index < -0.39 is 0 Å². The predicted molar refractivity (Wildman–Crippen MR) is 92.9 cm³/mol. The summed E-state index contributed by atoms with van der Waals surface area (Å²) in [6, 6.07) is 3.80. The normalized spacial score (nSPS) is 11.5. The molecule has 4 N–H and O–H groups in total. The molecule has 0 radical (unpaired) electrons. The molecule has 0 atom stereocenters. The maximum Gasteiger partial charge on any atom is 0.198 e. The van der Waals surface area contributed by atoms with Crippen molar-refractivity contribution in [3.63, 3.8) is 0 Å². The molecule has 0 saturated heterocycles. The largest absolute Gasteiger partial charge is 0.469 e. The molecule has 0 aromatic carbocycles. The molecule has 5 rings (SSSR count). The molecule has 10 nitrogen and oxygen atoms in total. The predicted octanol–water partition coefficient (Wildman–Crippen LogP) is 1.65. The lowest BCUT2D eigenvalue weighted by molar-refractivity contribution is 0.508. The molecule has 0 unspecified atom stereocenters. The molecule has 128 valence electrons. The number of nitrogens with two attached hydrogens (primary N) is 1. The monoisotopic (exact) mass is 347 g/mol. The Bertz CT molecular complexity index is 1210. The lowest BCUT2D eigenvalue weighted by Crippen LogP contribution is -2.01. The summed E-state index contributed by atoms with van der Waals surface area (Å²) in [4.78, 5) is 32.1. The van der Waals surface area contributed by atoms with E-state index in [2.05, 4.69) is 39.9 Å². The summed E-state index contributed by atoms with van der Waals surface area (Å²) >= 11 is 0. The number of imidazole rings is 2. The number of fused-ring (bicyclic) bond motifs is 2. The van der Waals surface area contributed by atoms with E-state index in [9.17, 15) is 0 Å². The second-order valence-electron chi connectivity index (χ2n) is 5.72. The van der Waals surface area contributed by atoms with Gasteiger partial charge in [-0.2, -0.15) is 0 Å². The van der Waals surface area contributed by atoms with Gasteiger partial charge in [-0.05, 0) is 18.6 Å². The topological polar surface area (TPSA) is 148 Å². The minimum Gasteiger partial charge on any atom is -0.469 e. The quantitative estimate of drug-likeness (QED) is 0.444. The molecule has 5 heterocycles. The molecule has 0 saturated carbocycles. The second-order valence-corrected chi connectivity index (χ2v) is 5.72. The molecule has 0 aliphatic rings. The van der Waals surface area contributed by atoms with Crippen LogP contribution in [0, 0.1) is 0 Å². The van der Waals surface area contributed by atoms with Crippen LogP contribution in [-0.4, -0.2) is 39.9 Å². The maximum absolute atomic E-state index is 5.86. The van der Waals surface area contributed by atoms with Crippen LogP contribution in [-0.2, 0) is 12.8 Å². The molecular formula is C16H13N9O. The van der Waals surface area contributed by atoms with Gasteiger partial charge < -0.3 is 20.1 Å². The highest BCUT2D eigenvalue weighted by molar-refractivity contribution is 5.84. The number of nitrogens with zero attached hydrogens (tertiary/aromatic N) is 6. The summed E-state index contributed by atoms with van der Waals surface area (Å²) in [5.41, 5.74) is 9.10. The molecule has 10 heteroatoms. The fourth-order valence-corrected chi connectivity index (χ4v) is 2.83. The Labute approximate surface area is 146 Å². The van der Waals surface area contributed by atoms with Gasteiger partial charge in [0.05, 0.1) is 18.3 Å². The number of rotatable bonds is 4. The number of nitrogen functional groups attached to an aromatic ring is 1. The van der Waals surface area contributed by atoms with Gasteiger partial charge in [0.2, 0.25) is 0 Å². The van der Waals surface area contributed by atoms with Crippen LogP contribution in [0.4, 0.5) is 5.82 Å². The maximum atomic E-state index is 5.86. The summed E-state index contributed by atoms with van der Waals surface area (Å²) in [6.07, 6.45) is 6.02. The van der Waals surface area contributed by atoms with E-state index in [1.54, 1.807) is 12.6 Å². The highest BCUT2D eigenvalue weighted by Crippen LogP contribution is 2.22. The number of anilines is 1. The molecule has 0 spiro atoms. The third-order valence-electron chi connectivity index (χ3n) is 4.08. The van der Waals surface area contributed by atoms with Crippen molar-refractivity contribution in [3.05, 3.63) is 42.5 Å². The Kier molecular flexibility index (Phi) is 3.14. The number of hydrogen-bond donors (Lipinski definition) is 3. The zero-order chi connectivity index (χ0) is 17.5. The van der Waals surface area contributed by atoms with E-state index in [1.165, 1.54) is 6.33 Å². The summed E-state index contributed by atoms with van der Waals surface area (Å²) < 4.78 is 5.40. The van der Waals surface area contributed by atoms with Crippen LogP contribution in [0.1, 0.15) is 11.5 Å². The standard InChI is InChI=1S/C16H13N9O/c17-12-11-14(21-7-19-12)25-16(23-11)15-22-9(4-3-8-2-1-5-26-8)10-13(24-15)20-6-18-10/h1-2,5-7H,3-4H2,(H,18,20,22,24)(H3,17,19,21,23,25). The first-order chi connectivity index (χ1) is 12.8. The summed E-state index contributed by atoms with van der Waals surface area (Å²) in [5, 5.41) is 0.